The van der Waals surface area contributed by atoms with Gasteiger partial charge in [-0.25, -0.2) is 14.8 Å². The van der Waals surface area contributed by atoms with Crippen LogP contribution >= 0.6 is 0 Å². The predicted molar refractivity (Wildman–Crippen MR) is 99.6 cm³/mol. The van der Waals surface area contributed by atoms with E-state index < -0.39 is 0 Å². The smallest absolute Gasteiger partial charge is 0.319 e. The monoisotopic (exact) mass is 344 g/mol. The van der Waals surface area contributed by atoms with E-state index in [0.717, 1.165) is 17.4 Å². The van der Waals surface area contributed by atoms with Crippen molar-refractivity contribution < 1.29 is 9.53 Å². The summed E-state index contributed by atoms with van der Waals surface area (Å²) in [4.78, 5) is 22.4. The van der Waals surface area contributed by atoms with Crippen LogP contribution < -0.4 is 25.6 Å². The van der Waals surface area contributed by atoms with Crippen LogP contribution in [0.2, 0.25) is 0 Å². The first-order chi connectivity index (χ1) is 12.0. The van der Waals surface area contributed by atoms with Crippen LogP contribution in [-0.4, -0.2) is 50.3 Å². The van der Waals surface area contributed by atoms with Gasteiger partial charge in [-0.2, -0.15) is 0 Å². The molecule has 1 aromatic heterocycles. The van der Waals surface area contributed by atoms with Gasteiger partial charge in [0.25, 0.3) is 0 Å². The van der Waals surface area contributed by atoms with Gasteiger partial charge in [-0.3, -0.25) is 0 Å². The number of amides is 2. The van der Waals surface area contributed by atoms with Gasteiger partial charge < -0.3 is 25.6 Å². The SMILES string of the molecule is COc1ccc(NC(=O)NCCNc2cc(N(C)C)nc(C)n2)cc1. The van der Waals surface area contributed by atoms with Gasteiger partial charge in [-0.15, -0.1) is 0 Å². The maximum Gasteiger partial charge on any atom is 0.319 e. The summed E-state index contributed by atoms with van der Waals surface area (Å²) in [6.07, 6.45) is 0. The Balaban J connectivity index is 1.76. The molecule has 2 aromatic rings. The largest absolute Gasteiger partial charge is 0.497 e. The van der Waals surface area contributed by atoms with Gasteiger partial charge in [0, 0.05) is 38.9 Å². The van der Waals surface area contributed by atoms with Crippen molar-refractivity contribution >= 4 is 23.4 Å². The third-order valence-corrected chi connectivity index (χ3v) is 3.35. The number of rotatable bonds is 7. The lowest BCUT2D eigenvalue weighted by Crippen LogP contribution is -2.32. The normalized spacial score (nSPS) is 10.1. The van der Waals surface area contributed by atoms with E-state index >= 15 is 0 Å². The Labute approximate surface area is 147 Å². The van der Waals surface area contributed by atoms with E-state index in [1.165, 1.54) is 0 Å². The first kappa shape index (κ1) is 18.3. The molecule has 3 N–H and O–H groups in total. The summed E-state index contributed by atoms with van der Waals surface area (Å²) in [5.74, 6) is 3.00. The number of benzene rings is 1. The maximum absolute atomic E-state index is 11.9. The molecule has 0 aliphatic carbocycles. The van der Waals surface area contributed by atoms with E-state index in [2.05, 4.69) is 25.9 Å². The molecule has 8 heteroatoms. The Morgan fingerprint density at radius 2 is 1.88 bits per heavy atom. The number of anilines is 3. The number of aryl methyl sites for hydroxylation is 1. The number of carbonyl (C=O) groups excluding carboxylic acids is 1. The Hall–Kier alpha value is -3.03. The number of hydrogen-bond donors (Lipinski definition) is 3. The van der Waals surface area contributed by atoms with Gasteiger partial charge in [0.2, 0.25) is 0 Å². The molecule has 1 heterocycles. The van der Waals surface area contributed by atoms with Gasteiger partial charge in [0.05, 0.1) is 7.11 Å². The average Bonchev–Trinajstić information content (AvgIpc) is 2.59. The second-order valence-electron chi connectivity index (χ2n) is 5.59. The minimum Gasteiger partial charge on any atom is -0.497 e. The summed E-state index contributed by atoms with van der Waals surface area (Å²) >= 11 is 0. The zero-order valence-corrected chi connectivity index (χ0v) is 15.0. The fraction of sp³-hybridized carbons (Fsp3) is 0.353. The van der Waals surface area contributed by atoms with Crippen LogP contribution in [0.25, 0.3) is 0 Å². The van der Waals surface area contributed by atoms with Crippen molar-refractivity contribution in [3.8, 4) is 5.75 Å². The highest BCUT2D eigenvalue weighted by Gasteiger charge is 2.04. The summed E-state index contributed by atoms with van der Waals surface area (Å²) in [5.41, 5.74) is 0.702. The van der Waals surface area contributed by atoms with E-state index in [1.807, 2.05) is 32.0 Å². The number of hydrogen-bond acceptors (Lipinski definition) is 6. The summed E-state index contributed by atoms with van der Waals surface area (Å²) in [6, 6.07) is 8.74. The highest BCUT2D eigenvalue weighted by Crippen LogP contribution is 2.15. The van der Waals surface area contributed by atoms with Crippen molar-refractivity contribution in [1.29, 1.82) is 0 Å². The van der Waals surface area contributed by atoms with Gasteiger partial charge >= 0.3 is 6.03 Å². The first-order valence-corrected chi connectivity index (χ1v) is 7.93. The molecule has 0 fully saturated rings. The molecule has 0 aliphatic rings. The lowest BCUT2D eigenvalue weighted by molar-refractivity contribution is 0.252. The fourth-order valence-corrected chi connectivity index (χ4v) is 2.09. The second-order valence-corrected chi connectivity index (χ2v) is 5.59. The van der Waals surface area contributed by atoms with Gasteiger partial charge in [-0.05, 0) is 31.2 Å². The van der Waals surface area contributed by atoms with Crippen LogP contribution in [0, 0.1) is 6.92 Å². The number of nitrogens with one attached hydrogen (secondary N) is 3. The van der Waals surface area contributed by atoms with Crippen molar-refractivity contribution in [1.82, 2.24) is 15.3 Å². The van der Waals surface area contributed by atoms with Gasteiger partial charge in [0.1, 0.15) is 23.2 Å². The van der Waals surface area contributed by atoms with Crippen molar-refractivity contribution in [3.05, 3.63) is 36.2 Å². The van der Waals surface area contributed by atoms with E-state index in [0.29, 0.717) is 24.6 Å². The lowest BCUT2D eigenvalue weighted by atomic mass is 10.3. The van der Waals surface area contributed by atoms with Crippen LogP contribution in [0.4, 0.5) is 22.1 Å². The number of ether oxygens (including phenoxy) is 1. The maximum atomic E-state index is 11.9. The zero-order chi connectivity index (χ0) is 18.2. The molecule has 0 spiro atoms. The molecule has 0 saturated carbocycles. The van der Waals surface area contributed by atoms with Crippen molar-refractivity contribution in [2.24, 2.45) is 0 Å². The predicted octanol–water partition coefficient (Wildman–Crippen LogP) is 2.09. The zero-order valence-electron chi connectivity index (χ0n) is 15.0. The second kappa shape index (κ2) is 8.72. The van der Waals surface area contributed by atoms with Crippen molar-refractivity contribution in [3.63, 3.8) is 0 Å². The summed E-state index contributed by atoms with van der Waals surface area (Å²) in [6.45, 7) is 2.86. The molecular weight excluding hydrogens is 320 g/mol. The molecule has 0 saturated heterocycles. The molecule has 2 amide bonds. The summed E-state index contributed by atoms with van der Waals surface area (Å²) < 4.78 is 5.08. The summed E-state index contributed by atoms with van der Waals surface area (Å²) in [5, 5.41) is 8.72. The minimum absolute atomic E-state index is 0.264. The van der Waals surface area contributed by atoms with E-state index in [9.17, 15) is 4.79 Å². The Kier molecular flexibility index (Phi) is 6.39. The van der Waals surface area contributed by atoms with E-state index in [4.69, 9.17) is 4.74 Å². The fourth-order valence-electron chi connectivity index (χ4n) is 2.09. The molecule has 8 nitrogen and oxygen atoms in total. The molecule has 25 heavy (non-hydrogen) atoms. The molecule has 0 atom stereocenters. The molecular formula is C17H24N6O2. The van der Waals surface area contributed by atoms with Crippen LogP contribution in [-0.2, 0) is 0 Å². The average molecular weight is 344 g/mol. The van der Waals surface area contributed by atoms with Gasteiger partial charge in [0.15, 0.2) is 0 Å². The number of nitrogens with zero attached hydrogens (tertiary/aromatic N) is 3. The molecule has 2 rings (SSSR count). The molecule has 0 bridgehead atoms. The number of carbonyl (C=O) groups is 1. The van der Waals surface area contributed by atoms with E-state index in [1.54, 1.807) is 31.4 Å². The number of aromatic nitrogens is 2. The molecule has 134 valence electrons. The molecule has 0 aliphatic heterocycles. The number of methoxy groups -OCH3 is 1. The van der Waals surface area contributed by atoms with Crippen LogP contribution in [0.5, 0.6) is 5.75 Å². The third kappa shape index (κ3) is 5.83. The summed E-state index contributed by atoms with van der Waals surface area (Å²) in [7, 11) is 5.45. The third-order valence-electron chi connectivity index (χ3n) is 3.35. The number of urea groups is 1. The topological polar surface area (TPSA) is 91.4 Å². The Morgan fingerprint density at radius 1 is 1.16 bits per heavy atom. The van der Waals surface area contributed by atoms with Crippen molar-refractivity contribution in [2.45, 2.75) is 6.92 Å². The highest BCUT2D eigenvalue weighted by atomic mass is 16.5. The van der Waals surface area contributed by atoms with Crippen LogP contribution in [0.1, 0.15) is 5.82 Å². The molecule has 0 unspecified atom stereocenters. The minimum atomic E-state index is -0.264. The van der Waals surface area contributed by atoms with E-state index in [-0.39, 0.29) is 6.03 Å². The van der Waals surface area contributed by atoms with Crippen LogP contribution in [0.3, 0.4) is 0 Å². The van der Waals surface area contributed by atoms with Gasteiger partial charge in [-0.1, -0.05) is 0 Å². The Morgan fingerprint density at radius 3 is 2.52 bits per heavy atom. The first-order valence-electron chi connectivity index (χ1n) is 7.93. The quantitative estimate of drug-likeness (QED) is 0.666. The lowest BCUT2D eigenvalue weighted by Gasteiger charge is -2.14. The highest BCUT2D eigenvalue weighted by molar-refractivity contribution is 5.89. The van der Waals surface area contributed by atoms with Crippen molar-refractivity contribution in [2.75, 3.05) is 49.8 Å². The molecule has 1 aromatic carbocycles. The standard InChI is InChI=1S/C17H24N6O2/c1-12-20-15(11-16(21-12)23(2)3)18-9-10-19-17(24)22-13-5-7-14(25-4)8-6-13/h5-8,11H,9-10H2,1-4H3,(H,18,20,21)(H2,19,22,24). The molecule has 0 radical (unpaired) electrons. The Bertz CT molecular complexity index is 703. The van der Waals surface area contributed by atoms with Crippen LogP contribution in [0.15, 0.2) is 30.3 Å².